The predicted octanol–water partition coefficient (Wildman–Crippen LogP) is 3.45. The molecule has 0 aromatic carbocycles. The van der Waals surface area contributed by atoms with Crippen molar-refractivity contribution in [2.24, 2.45) is 0 Å². The summed E-state index contributed by atoms with van der Waals surface area (Å²) in [5.41, 5.74) is 0.329. The highest BCUT2D eigenvalue weighted by Gasteiger charge is 2.22. The quantitative estimate of drug-likeness (QED) is 0.923. The standard InChI is InChI=1S/C16H24N2O3/c1-12(18(5)15(20)21-16(2,3)4)7-6-8-13-9-14(19)11-17-10-13/h6,8-12,19H,7H2,1-5H3. The third kappa shape index (κ3) is 6.29. The van der Waals surface area contributed by atoms with Gasteiger partial charge in [0.2, 0.25) is 0 Å². The van der Waals surface area contributed by atoms with E-state index in [1.807, 2.05) is 39.8 Å². The Labute approximate surface area is 126 Å². The van der Waals surface area contributed by atoms with E-state index in [1.54, 1.807) is 24.2 Å². The van der Waals surface area contributed by atoms with E-state index in [1.165, 1.54) is 6.20 Å². The van der Waals surface area contributed by atoms with Gasteiger partial charge in [-0.3, -0.25) is 4.98 Å². The minimum atomic E-state index is -0.492. The summed E-state index contributed by atoms with van der Waals surface area (Å²) in [5, 5.41) is 9.32. The van der Waals surface area contributed by atoms with Gasteiger partial charge in [0.05, 0.1) is 6.20 Å². The molecule has 0 saturated carbocycles. The molecular weight excluding hydrogens is 268 g/mol. The lowest BCUT2D eigenvalue weighted by Crippen LogP contribution is -2.39. The number of aromatic nitrogens is 1. The second-order valence-corrected chi connectivity index (χ2v) is 6.05. The van der Waals surface area contributed by atoms with Crippen LogP contribution in [-0.4, -0.2) is 39.8 Å². The molecule has 0 spiro atoms. The molecule has 5 heteroatoms. The summed E-state index contributed by atoms with van der Waals surface area (Å²) in [6.45, 7) is 7.49. The number of hydrogen-bond donors (Lipinski definition) is 1. The average Bonchev–Trinajstić information content (AvgIpc) is 2.35. The van der Waals surface area contributed by atoms with Gasteiger partial charge < -0.3 is 14.7 Å². The molecular formula is C16H24N2O3. The molecule has 116 valence electrons. The molecule has 0 fully saturated rings. The lowest BCUT2D eigenvalue weighted by atomic mass is 10.1. The lowest BCUT2D eigenvalue weighted by Gasteiger charge is -2.28. The number of rotatable bonds is 4. The maximum atomic E-state index is 11.9. The van der Waals surface area contributed by atoms with Crippen LogP contribution in [0, 0.1) is 0 Å². The van der Waals surface area contributed by atoms with Crippen molar-refractivity contribution in [3.63, 3.8) is 0 Å². The van der Waals surface area contributed by atoms with Gasteiger partial charge in [-0.1, -0.05) is 12.2 Å². The van der Waals surface area contributed by atoms with E-state index in [9.17, 15) is 9.90 Å². The normalized spacial score (nSPS) is 13.2. The van der Waals surface area contributed by atoms with Gasteiger partial charge in [0, 0.05) is 19.3 Å². The molecule has 0 aliphatic carbocycles. The summed E-state index contributed by atoms with van der Waals surface area (Å²) in [6, 6.07) is 1.65. The summed E-state index contributed by atoms with van der Waals surface area (Å²) in [6.07, 6.45) is 7.22. The van der Waals surface area contributed by atoms with Crippen LogP contribution >= 0.6 is 0 Å². The van der Waals surface area contributed by atoms with Gasteiger partial charge >= 0.3 is 6.09 Å². The Hall–Kier alpha value is -2.04. The second kappa shape index (κ2) is 7.11. The van der Waals surface area contributed by atoms with Gasteiger partial charge in [0.1, 0.15) is 11.4 Å². The molecule has 1 unspecified atom stereocenters. The van der Waals surface area contributed by atoms with E-state index in [2.05, 4.69) is 4.98 Å². The van der Waals surface area contributed by atoms with Crippen molar-refractivity contribution < 1.29 is 14.6 Å². The van der Waals surface area contributed by atoms with E-state index in [4.69, 9.17) is 4.74 Å². The van der Waals surface area contributed by atoms with E-state index < -0.39 is 5.60 Å². The zero-order chi connectivity index (χ0) is 16.0. The van der Waals surface area contributed by atoms with E-state index >= 15 is 0 Å². The smallest absolute Gasteiger partial charge is 0.410 e. The van der Waals surface area contributed by atoms with Gasteiger partial charge in [-0.25, -0.2) is 4.79 Å². The average molecular weight is 292 g/mol. The van der Waals surface area contributed by atoms with Crippen LogP contribution in [-0.2, 0) is 4.74 Å². The number of amides is 1. The Morgan fingerprint density at radius 2 is 2.14 bits per heavy atom. The summed E-state index contributed by atoms with van der Waals surface area (Å²) < 4.78 is 5.32. The highest BCUT2D eigenvalue weighted by molar-refractivity contribution is 5.68. The molecule has 1 N–H and O–H groups in total. The van der Waals surface area contributed by atoms with E-state index in [-0.39, 0.29) is 17.9 Å². The summed E-state index contributed by atoms with van der Waals surface area (Å²) >= 11 is 0. The Balaban J connectivity index is 2.53. The van der Waals surface area contributed by atoms with Crippen molar-refractivity contribution in [3.8, 4) is 5.75 Å². The summed E-state index contributed by atoms with van der Waals surface area (Å²) in [5.74, 6) is 0.135. The zero-order valence-electron chi connectivity index (χ0n) is 13.3. The van der Waals surface area contributed by atoms with Crippen LogP contribution in [0.25, 0.3) is 6.08 Å². The maximum absolute atomic E-state index is 11.9. The Morgan fingerprint density at radius 1 is 1.48 bits per heavy atom. The monoisotopic (exact) mass is 292 g/mol. The van der Waals surface area contributed by atoms with Crippen LogP contribution < -0.4 is 0 Å². The second-order valence-electron chi connectivity index (χ2n) is 6.05. The van der Waals surface area contributed by atoms with Crippen LogP contribution in [0.5, 0.6) is 5.75 Å². The Bertz CT molecular complexity index is 506. The van der Waals surface area contributed by atoms with Gasteiger partial charge in [-0.2, -0.15) is 0 Å². The molecule has 0 aliphatic rings. The van der Waals surface area contributed by atoms with Crippen LogP contribution in [0.2, 0.25) is 0 Å². The third-order valence-electron chi connectivity index (χ3n) is 2.88. The lowest BCUT2D eigenvalue weighted by molar-refractivity contribution is 0.0238. The highest BCUT2D eigenvalue weighted by atomic mass is 16.6. The highest BCUT2D eigenvalue weighted by Crippen LogP contribution is 2.14. The molecule has 21 heavy (non-hydrogen) atoms. The van der Waals surface area contributed by atoms with Crippen molar-refractivity contribution in [1.82, 2.24) is 9.88 Å². The first-order valence-corrected chi connectivity index (χ1v) is 6.95. The number of ether oxygens (including phenoxy) is 1. The number of hydrogen-bond acceptors (Lipinski definition) is 4. The minimum Gasteiger partial charge on any atom is -0.506 e. The summed E-state index contributed by atoms with van der Waals surface area (Å²) in [7, 11) is 1.72. The number of nitrogens with zero attached hydrogens (tertiary/aromatic N) is 2. The van der Waals surface area contributed by atoms with Crippen molar-refractivity contribution in [2.75, 3.05) is 7.05 Å². The largest absolute Gasteiger partial charge is 0.506 e. The zero-order valence-corrected chi connectivity index (χ0v) is 13.3. The number of carbonyl (C=O) groups excluding carboxylic acids is 1. The third-order valence-corrected chi connectivity index (χ3v) is 2.88. The van der Waals surface area contributed by atoms with Gasteiger partial charge in [0.15, 0.2) is 0 Å². The van der Waals surface area contributed by atoms with Crippen LogP contribution in [0.1, 0.15) is 39.7 Å². The van der Waals surface area contributed by atoms with Crippen molar-refractivity contribution in [1.29, 1.82) is 0 Å². The van der Waals surface area contributed by atoms with Crippen molar-refractivity contribution in [3.05, 3.63) is 30.1 Å². The molecule has 1 rings (SSSR count). The van der Waals surface area contributed by atoms with Crippen LogP contribution in [0.4, 0.5) is 4.79 Å². The van der Waals surface area contributed by atoms with Gasteiger partial charge in [-0.15, -0.1) is 0 Å². The SMILES string of the molecule is CC(CC=Cc1cncc(O)c1)N(C)C(=O)OC(C)(C)C. The molecule has 0 saturated heterocycles. The molecule has 1 aromatic heterocycles. The summed E-state index contributed by atoms with van der Waals surface area (Å²) in [4.78, 5) is 17.4. The first-order valence-electron chi connectivity index (χ1n) is 6.95. The maximum Gasteiger partial charge on any atom is 0.410 e. The number of carbonyl (C=O) groups is 1. The van der Waals surface area contributed by atoms with E-state index in [0.29, 0.717) is 6.42 Å². The first kappa shape index (κ1) is 17.0. The van der Waals surface area contributed by atoms with Crippen molar-refractivity contribution >= 4 is 12.2 Å². The Morgan fingerprint density at radius 3 is 2.71 bits per heavy atom. The molecule has 1 heterocycles. The molecule has 1 amide bonds. The molecule has 0 aliphatic heterocycles. The Kier molecular flexibility index (Phi) is 5.76. The fourth-order valence-electron chi connectivity index (χ4n) is 1.61. The number of pyridine rings is 1. The molecule has 5 nitrogen and oxygen atoms in total. The predicted molar refractivity (Wildman–Crippen MR) is 83.0 cm³/mol. The topological polar surface area (TPSA) is 62.7 Å². The fourth-order valence-corrected chi connectivity index (χ4v) is 1.61. The van der Waals surface area contributed by atoms with Gasteiger partial charge in [-0.05, 0) is 45.7 Å². The fraction of sp³-hybridized carbons (Fsp3) is 0.500. The number of aromatic hydroxyl groups is 1. The van der Waals surface area contributed by atoms with Crippen molar-refractivity contribution in [2.45, 2.75) is 45.8 Å². The minimum absolute atomic E-state index is 0.0152. The molecule has 1 atom stereocenters. The van der Waals surface area contributed by atoms with Crippen LogP contribution in [0.3, 0.4) is 0 Å². The molecule has 0 bridgehead atoms. The van der Waals surface area contributed by atoms with Crippen LogP contribution in [0.15, 0.2) is 24.5 Å². The van der Waals surface area contributed by atoms with E-state index in [0.717, 1.165) is 5.56 Å². The van der Waals surface area contributed by atoms with Gasteiger partial charge in [0.25, 0.3) is 0 Å². The first-order chi connectivity index (χ1) is 9.69. The molecule has 0 radical (unpaired) electrons. The molecule has 1 aromatic rings.